The van der Waals surface area contributed by atoms with Gasteiger partial charge in [-0.05, 0) is 28.9 Å². The maximum absolute atomic E-state index is 13.9. The molecule has 0 unspecified atom stereocenters. The minimum absolute atomic E-state index is 0.0293. The molecule has 0 aliphatic rings. The van der Waals surface area contributed by atoms with E-state index in [4.69, 9.17) is 0 Å². The van der Waals surface area contributed by atoms with Gasteiger partial charge in [-0.3, -0.25) is 0 Å². The molecule has 0 atom stereocenters. The molecule has 0 aliphatic carbocycles. The Morgan fingerprint density at radius 3 is 2.43 bits per heavy atom. The Morgan fingerprint density at radius 2 is 1.81 bits per heavy atom. The number of anilines is 3. The number of nitrogens with zero attached hydrogens (tertiary/aromatic N) is 2. The molecular formula is C14H15BrF2N4. The number of aromatic nitrogens is 2. The van der Waals surface area contributed by atoms with Crippen LogP contribution in [0.2, 0.25) is 0 Å². The van der Waals surface area contributed by atoms with Crippen LogP contribution in [-0.4, -0.2) is 17.0 Å². The van der Waals surface area contributed by atoms with Crippen molar-refractivity contribution in [2.24, 2.45) is 0 Å². The zero-order valence-electron chi connectivity index (χ0n) is 11.9. The summed E-state index contributed by atoms with van der Waals surface area (Å²) in [5.41, 5.74) is 0.763. The second-order valence-electron chi connectivity index (χ2n) is 4.44. The van der Waals surface area contributed by atoms with Crippen molar-refractivity contribution in [2.75, 3.05) is 17.7 Å². The number of nitrogens with one attached hydrogen (secondary N) is 2. The van der Waals surface area contributed by atoms with E-state index in [0.717, 1.165) is 17.7 Å². The topological polar surface area (TPSA) is 49.8 Å². The van der Waals surface area contributed by atoms with E-state index in [1.807, 2.05) is 6.92 Å². The third-order valence-corrected chi connectivity index (χ3v) is 3.62. The van der Waals surface area contributed by atoms with Crippen molar-refractivity contribution in [3.05, 3.63) is 39.6 Å². The lowest BCUT2D eigenvalue weighted by atomic mass is 10.2. The fourth-order valence-corrected chi connectivity index (χ4v) is 2.15. The van der Waals surface area contributed by atoms with Gasteiger partial charge in [-0.25, -0.2) is 18.7 Å². The van der Waals surface area contributed by atoms with Crippen LogP contribution >= 0.6 is 15.9 Å². The smallest absolute Gasteiger partial charge is 0.148 e. The Kier molecular flexibility index (Phi) is 4.72. The van der Waals surface area contributed by atoms with Gasteiger partial charge in [0.1, 0.15) is 29.1 Å². The molecule has 0 aliphatic heterocycles. The van der Waals surface area contributed by atoms with Crippen LogP contribution in [0.5, 0.6) is 0 Å². The molecule has 1 heterocycles. The number of rotatable bonds is 4. The van der Waals surface area contributed by atoms with Crippen LogP contribution in [0.25, 0.3) is 0 Å². The second kappa shape index (κ2) is 6.34. The van der Waals surface area contributed by atoms with Crippen LogP contribution in [0, 0.1) is 18.6 Å². The number of halogens is 3. The van der Waals surface area contributed by atoms with Gasteiger partial charge in [0, 0.05) is 25.1 Å². The van der Waals surface area contributed by atoms with Crippen LogP contribution in [0.1, 0.15) is 18.3 Å². The van der Waals surface area contributed by atoms with Gasteiger partial charge in [-0.2, -0.15) is 0 Å². The van der Waals surface area contributed by atoms with E-state index in [1.54, 1.807) is 14.0 Å². The van der Waals surface area contributed by atoms with E-state index >= 15 is 0 Å². The molecule has 112 valence electrons. The van der Waals surface area contributed by atoms with Crippen molar-refractivity contribution < 1.29 is 8.78 Å². The maximum atomic E-state index is 13.9. The van der Waals surface area contributed by atoms with Gasteiger partial charge < -0.3 is 10.6 Å². The summed E-state index contributed by atoms with van der Waals surface area (Å²) >= 11 is 2.95. The van der Waals surface area contributed by atoms with Crippen molar-refractivity contribution in [3.8, 4) is 0 Å². The van der Waals surface area contributed by atoms with Crippen molar-refractivity contribution in [2.45, 2.75) is 20.3 Å². The van der Waals surface area contributed by atoms with Gasteiger partial charge in [0.15, 0.2) is 0 Å². The standard InChI is InChI=1S/C14H15BrF2N4/c1-4-12-20-13(18-3)7(2)14(21-12)19-11-6-9(16)8(15)5-10(11)17/h5-6H,4H2,1-3H3,(H2,18,19,20,21). The number of benzene rings is 1. The van der Waals surface area contributed by atoms with E-state index in [-0.39, 0.29) is 10.2 Å². The molecule has 21 heavy (non-hydrogen) atoms. The van der Waals surface area contributed by atoms with Gasteiger partial charge in [-0.15, -0.1) is 0 Å². The predicted molar refractivity (Wildman–Crippen MR) is 83.0 cm³/mol. The summed E-state index contributed by atoms with van der Waals surface area (Å²) in [7, 11) is 1.75. The molecule has 4 nitrogen and oxygen atoms in total. The van der Waals surface area contributed by atoms with Gasteiger partial charge in [0.2, 0.25) is 0 Å². The summed E-state index contributed by atoms with van der Waals surface area (Å²) < 4.78 is 27.5. The molecule has 7 heteroatoms. The Hall–Kier alpha value is -1.76. The monoisotopic (exact) mass is 356 g/mol. The molecule has 0 radical (unpaired) electrons. The Bertz CT molecular complexity index is 677. The number of hydrogen-bond acceptors (Lipinski definition) is 4. The highest BCUT2D eigenvalue weighted by atomic mass is 79.9. The van der Waals surface area contributed by atoms with Crippen LogP contribution in [0.15, 0.2) is 16.6 Å². The first kappa shape index (κ1) is 15.6. The number of hydrogen-bond donors (Lipinski definition) is 2. The summed E-state index contributed by atoms with van der Waals surface area (Å²) in [6.45, 7) is 3.73. The first-order valence-corrected chi connectivity index (χ1v) is 7.22. The maximum Gasteiger partial charge on any atom is 0.148 e. The van der Waals surface area contributed by atoms with Crippen molar-refractivity contribution in [3.63, 3.8) is 0 Å². The fourth-order valence-electron chi connectivity index (χ4n) is 1.83. The minimum atomic E-state index is -0.564. The molecule has 0 saturated carbocycles. The lowest BCUT2D eigenvalue weighted by Crippen LogP contribution is -2.07. The Morgan fingerprint density at radius 1 is 1.14 bits per heavy atom. The second-order valence-corrected chi connectivity index (χ2v) is 5.29. The van der Waals surface area contributed by atoms with E-state index in [9.17, 15) is 8.78 Å². The molecule has 1 aromatic heterocycles. The highest BCUT2D eigenvalue weighted by Crippen LogP contribution is 2.28. The van der Waals surface area contributed by atoms with Crippen molar-refractivity contribution in [1.82, 2.24) is 9.97 Å². The first-order valence-electron chi connectivity index (χ1n) is 6.43. The average Bonchev–Trinajstić information content (AvgIpc) is 2.46. The van der Waals surface area contributed by atoms with Crippen molar-refractivity contribution >= 4 is 33.3 Å². The van der Waals surface area contributed by atoms with E-state index in [2.05, 4.69) is 36.5 Å². The zero-order valence-corrected chi connectivity index (χ0v) is 13.5. The highest BCUT2D eigenvalue weighted by molar-refractivity contribution is 9.10. The third-order valence-electron chi connectivity index (χ3n) is 3.01. The Labute approximate surface area is 130 Å². The Balaban J connectivity index is 2.46. The molecule has 2 rings (SSSR count). The molecule has 0 amide bonds. The predicted octanol–water partition coefficient (Wildman–Crippen LogP) is 4.17. The summed E-state index contributed by atoms with van der Waals surface area (Å²) in [6.07, 6.45) is 0.640. The highest BCUT2D eigenvalue weighted by Gasteiger charge is 2.13. The van der Waals surface area contributed by atoms with Crippen LogP contribution in [-0.2, 0) is 6.42 Å². The SMILES string of the molecule is CCc1nc(NC)c(C)c(Nc2cc(F)c(Br)cc2F)n1. The summed E-state index contributed by atoms with van der Waals surface area (Å²) in [4.78, 5) is 8.65. The van der Waals surface area contributed by atoms with E-state index < -0.39 is 11.6 Å². The molecule has 0 saturated heterocycles. The van der Waals surface area contributed by atoms with E-state index in [0.29, 0.717) is 23.9 Å². The molecule has 0 bridgehead atoms. The summed E-state index contributed by atoms with van der Waals surface area (Å²) in [6, 6.07) is 2.17. The molecule has 0 spiro atoms. The van der Waals surface area contributed by atoms with Crippen LogP contribution in [0.4, 0.5) is 26.1 Å². The van der Waals surface area contributed by atoms with Crippen LogP contribution < -0.4 is 10.6 Å². The lowest BCUT2D eigenvalue weighted by molar-refractivity contribution is 0.597. The molecule has 1 aromatic carbocycles. The molecule has 2 aromatic rings. The fraction of sp³-hybridized carbons (Fsp3) is 0.286. The van der Waals surface area contributed by atoms with Gasteiger partial charge in [0.05, 0.1) is 10.2 Å². The molecular weight excluding hydrogens is 342 g/mol. The minimum Gasteiger partial charge on any atom is -0.373 e. The summed E-state index contributed by atoms with van der Waals surface area (Å²) in [5.74, 6) is 0.611. The summed E-state index contributed by atoms with van der Waals surface area (Å²) in [5, 5.41) is 5.80. The molecule has 2 N–H and O–H groups in total. The average molecular weight is 357 g/mol. The molecule has 0 fully saturated rings. The third kappa shape index (κ3) is 3.29. The quantitative estimate of drug-likeness (QED) is 0.807. The van der Waals surface area contributed by atoms with Gasteiger partial charge in [0.25, 0.3) is 0 Å². The zero-order chi connectivity index (χ0) is 15.6. The van der Waals surface area contributed by atoms with Crippen molar-refractivity contribution in [1.29, 1.82) is 0 Å². The number of aryl methyl sites for hydroxylation is 1. The van der Waals surface area contributed by atoms with E-state index in [1.165, 1.54) is 0 Å². The van der Waals surface area contributed by atoms with Gasteiger partial charge >= 0.3 is 0 Å². The van der Waals surface area contributed by atoms with Gasteiger partial charge in [-0.1, -0.05) is 6.92 Å². The normalized spacial score (nSPS) is 10.6. The lowest BCUT2D eigenvalue weighted by Gasteiger charge is -2.14. The first-order chi connectivity index (χ1) is 9.96. The van der Waals surface area contributed by atoms with Crippen LogP contribution in [0.3, 0.4) is 0 Å². The largest absolute Gasteiger partial charge is 0.373 e.